The summed E-state index contributed by atoms with van der Waals surface area (Å²) in [5.41, 5.74) is 6.04. The second-order valence-corrected chi connectivity index (χ2v) is 4.67. The van der Waals surface area contributed by atoms with Gasteiger partial charge in [-0.1, -0.05) is 24.6 Å². The average Bonchev–Trinajstić information content (AvgIpc) is 2.00. The first-order chi connectivity index (χ1) is 6.53. The Hall–Kier alpha value is -0.600. The molecular formula is C11H13ClFN. The van der Waals surface area contributed by atoms with E-state index in [0.29, 0.717) is 16.5 Å². The molecule has 1 saturated carbocycles. The minimum Gasteiger partial charge on any atom is -0.321 e. The Morgan fingerprint density at radius 1 is 1.50 bits per heavy atom. The van der Waals surface area contributed by atoms with Crippen LogP contribution in [0.1, 0.15) is 25.3 Å². The van der Waals surface area contributed by atoms with E-state index < -0.39 is 5.54 Å². The van der Waals surface area contributed by atoms with Gasteiger partial charge in [0.1, 0.15) is 5.82 Å². The number of halogens is 2. The lowest BCUT2D eigenvalue weighted by Crippen LogP contribution is -2.48. The fraction of sp³-hybridized carbons (Fsp3) is 0.455. The third-order valence-electron chi connectivity index (χ3n) is 2.89. The number of hydrogen-bond donors (Lipinski definition) is 1. The van der Waals surface area contributed by atoms with Gasteiger partial charge in [0.15, 0.2) is 0 Å². The first-order valence-corrected chi connectivity index (χ1v) is 5.14. The zero-order valence-electron chi connectivity index (χ0n) is 8.06. The molecule has 1 aromatic rings. The summed E-state index contributed by atoms with van der Waals surface area (Å²) in [5.74, 6) is 0.280. The van der Waals surface area contributed by atoms with Gasteiger partial charge >= 0.3 is 0 Å². The molecule has 0 aliphatic heterocycles. The van der Waals surface area contributed by atoms with Crippen LogP contribution in [0.3, 0.4) is 0 Å². The molecule has 1 aromatic carbocycles. The molecule has 3 heteroatoms. The first kappa shape index (κ1) is 9.94. The summed E-state index contributed by atoms with van der Waals surface area (Å²) >= 11 is 5.95. The van der Waals surface area contributed by atoms with Crippen LogP contribution in [0, 0.1) is 11.7 Å². The first-order valence-electron chi connectivity index (χ1n) is 4.76. The molecule has 2 N–H and O–H groups in total. The van der Waals surface area contributed by atoms with E-state index in [1.807, 2.05) is 0 Å². The molecule has 0 spiro atoms. The Bertz CT molecular complexity index is 338. The van der Waals surface area contributed by atoms with Crippen LogP contribution in [-0.4, -0.2) is 0 Å². The Balaban J connectivity index is 2.41. The maximum atomic E-state index is 13.5. The zero-order chi connectivity index (χ0) is 10.3. The number of nitrogens with two attached hydrogens (primary N) is 1. The molecule has 1 nitrogen and oxygen atoms in total. The van der Waals surface area contributed by atoms with E-state index in [0.717, 1.165) is 12.8 Å². The molecule has 0 unspecified atom stereocenters. The Kier molecular flexibility index (Phi) is 2.28. The van der Waals surface area contributed by atoms with E-state index in [9.17, 15) is 4.39 Å². The van der Waals surface area contributed by atoms with Gasteiger partial charge in [-0.15, -0.1) is 0 Å². The van der Waals surface area contributed by atoms with Crippen molar-refractivity contribution in [3.8, 4) is 0 Å². The van der Waals surface area contributed by atoms with Crippen molar-refractivity contribution in [2.24, 2.45) is 11.7 Å². The van der Waals surface area contributed by atoms with Crippen LogP contribution < -0.4 is 5.73 Å². The van der Waals surface area contributed by atoms with Gasteiger partial charge < -0.3 is 5.73 Å². The predicted octanol–water partition coefficient (Wildman–Crippen LogP) is 3.06. The van der Waals surface area contributed by atoms with Gasteiger partial charge in [0.05, 0.1) is 0 Å². The van der Waals surface area contributed by atoms with Crippen LogP contribution in [0.2, 0.25) is 5.02 Å². The lowest BCUT2D eigenvalue weighted by molar-refractivity contribution is 0.159. The molecule has 2 rings (SSSR count). The Morgan fingerprint density at radius 2 is 2.14 bits per heavy atom. The molecule has 0 amide bonds. The van der Waals surface area contributed by atoms with Crippen LogP contribution in [0.4, 0.5) is 4.39 Å². The van der Waals surface area contributed by atoms with E-state index >= 15 is 0 Å². The molecule has 0 saturated heterocycles. The fourth-order valence-electron chi connectivity index (χ4n) is 2.36. The Morgan fingerprint density at radius 3 is 2.64 bits per heavy atom. The third kappa shape index (κ3) is 1.43. The van der Waals surface area contributed by atoms with Gasteiger partial charge in [0.2, 0.25) is 0 Å². The van der Waals surface area contributed by atoms with E-state index in [2.05, 4.69) is 6.92 Å². The monoisotopic (exact) mass is 213 g/mol. The van der Waals surface area contributed by atoms with Gasteiger partial charge in [0, 0.05) is 16.1 Å². The molecule has 1 aliphatic carbocycles. The molecule has 1 aliphatic rings. The van der Waals surface area contributed by atoms with Crippen molar-refractivity contribution < 1.29 is 4.39 Å². The smallest absolute Gasteiger partial charge is 0.129 e. The van der Waals surface area contributed by atoms with Gasteiger partial charge in [-0.05, 0) is 30.9 Å². The van der Waals surface area contributed by atoms with E-state index in [1.165, 1.54) is 6.07 Å². The summed E-state index contributed by atoms with van der Waals surface area (Å²) in [4.78, 5) is 0. The minimum atomic E-state index is -0.540. The minimum absolute atomic E-state index is 0.285. The van der Waals surface area contributed by atoms with Crippen molar-refractivity contribution in [3.05, 3.63) is 34.6 Å². The average molecular weight is 214 g/mol. The molecule has 0 aromatic heterocycles. The molecule has 76 valence electrons. The van der Waals surface area contributed by atoms with Gasteiger partial charge in [-0.25, -0.2) is 4.39 Å². The van der Waals surface area contributed by atoms with Crippen molar-refractivity contribution in [3.63, 3.8) is 0 Å². The standard InChI is InChI=1S/C11H13ClFN/c1-7-5-11(14,6-7)10-8(12)3-2-4-9(10)13/h2-4,7H,5-6,14H2,1H3. The maximum absolute atomic E-state index is 13.5. The molecule has 1 fully saturated rings. The third-order valence-corrected chi connectivity index (χ3v) is 3.20. The maximum Gasteiger partial charge on any atom is 0.129 e. The highest BCUT2D eigenvalue weighted by molar-refractivity contribution is 6.31. The lowest BCUT2D eigenvalue weighted by atomic mass is 9.66. The highest BCUT2D eigenvalue weighted by Gasteiger charge is 2.42. The van der Waals surface area contributed by atoms with Crippen molar-refractivity contribution in [2.45, 2.75) is 25.3 Å². The predicted molar refractivity (Wildman–Crippen MR) is 55.7 cm³/mol. The largest absolute Gasteiger partial charge is 0.321 e. The van der Waals surface area contributed by atoms with Crippen molar-refractivity contribution >= 4 is 11.6 Å². The second kappa shape index (κ2) is 3.21. The van der Waals surface area contributed by atoms with E-state index in [-0.39, 0.29) is 5.82 Å². The number of benzene rings is 1. The second-order valence-electron chi connectivity index (χ2n) is 4.27. The molecule has 0 heterocycles. The van der Waals surface area contributed by atoms with Gasteiger partial charge in [-0.3, -0.25) is 0 Å². The van der Waals surface area contributed by atoms with Crippen molar-refractivity contribution in [1.29, 1.82) is 0 Å². The molecule has 14 heavy (non-hydrogen) atoms. The fourth-order valence-corrected chi connectivity index (χ4v) is 2.71. The van der Waals surface area contributed by atoms with Gasteiger partial charge in [0.25, 0.3) is 0 Å². The van der Waals surface area contributed by atoms with Crippen LogP contribution in [0.5, 0.6) is 0 Å². The van der Waals surface area contributed by atoms with Crippen LogP contribution in [0.25, 0.3) is 0 Å². The number of hydrogen-bond acceptors (Lipinski definition) is 1. The summed E-state index contributed by atoms with van der Waals surface area (Å²) in [6.07, 6.45) is 1.63. The van der Waals surface area contributed by atoms with Crippen molar-refractivity contribution in [2.75, 3.05) is 0 Å². The topological polar surface area (TPSA) is 26.0 Å². The van der Waals surface area contributed by atoms with Crippen molar-refractivity contribution in [1.82, 2.24) is 0 Å². The molecular weight excluding hydrogens is 201 g/mol. The summed E-state index contributed by atoms with van der Waals surface area (Å²) in [5, 5.41) is 0.444. The highest BCUT2D eigenvalue weighted by atomic mass is 35.5. The van der Waals surface area contributed by atoms with Crippen LogP contribution in [0.15, 0.2) is 18.2 Å². The van der Waals surface area contributed by atoms with E-state index in [4.69, 9.17) is 17.3 Å². The SMILES string of the molecule is CC1CC(N)(c2c(F)cccc2Cl)C1. The normalized spacial score (nSPS) is 31.3. The van der Waals surface area contributed by atoms with E-state index in [1.54, 1.807) is 12.1 Å². The summed E-state index contributed by atoms with van der Waals surface area (Å²) in [7, 11) is 0. The number of rotatable bonds is 1. The van der Waals surface area contributed by atoms with Crippen LogP contribution in [-0.2, 0) is 5.54 Å². The quantitative estimate of drug-likeness (QED) is 0.763. The summed E-state index contributed by atoms with van der Waals surface area (Å²) in [6.45, 7) is 2.11. The van der Waals surface area contributed by atoms with Crippen LogP contribution >= 0.6 is 11.6 Å². The lowest BCUT2D eigenvalue weighted by Gasteiger charge is -2.44. The molecule has 0 radical (unpaired) electrons. The Labute approximate surface area is 88.1 Å². The summed E-state index contributed by atoms with van der Waals surface area (Å²) in [6, 6.07) is 4.71. The highest BCUT2D eigenvalue weighted by Crippen LogP contribution is 2.46. The van der Waals surface area contributed by atoms with Gasteiger partial charge in [-0.2, -0.15) is 0 Å². The molecule has 0 atom stereocenters. The molecule has 0 bridgehead atoms. The zero-order valence-corrected chi connectivity index (χ0v) is 8.81. The summed E-state index contributed by atoms with van der Waals surface area (Å²) < 4.78 is 13.5.